The van der Waals surface area contributed by atoms with Crippen LogP contribution in [0.3, 0.4) is 0 Å². The van der Waals surface area contributed by atoms with Crippen LogP contribution in [0, 0.1) is 0 Å². The molecule has 4 rings (SSSR count). The Morgan fingerprint density at radius 1 is 1.03 bits per heavy atom. The summed E-state index contributed by atoms with van der Waals surface area (Å²) in [6.07, 6.45) is 6.81. The highest BCUT2D eigenvalue weighted by Crippen LogP contribution is 2.21. The number of phenols is 1. The van der Waals surface area contributed by atoms with Crippen molar-refractivity contribution in [1.29, 1.82) is 0 Å². The monoisotopic (exact) mass is 383 g/mol. The van der Waals surface area contributed by atoms with Crippen LogP contribution in [0.5, 0.6) is 5.75 Å². The predicted octanol–water partition coefficient (Wildman–Crippen LogP) is 3.40. The molecule has 0 saturated carbocycles. The fourth-order valence-electron chi connectivity index (χ4n) is 2.76. The van der Waals surface area contributed by atoms with Gasteiger partial charge in [-0.25, -0.2) is 10.1 Å². The van der Waals surface area contributed by atoms with Crippen LogP contribution in [0.1, 0.15) is 15.9 Å². The number of pyridine rings is 1. The Bertz CT molecular complexity index is 1140. The molecule has 0 fully saturated rings. The summed E-state index contributed by atoms with van der Waals surface area (Å²) < 4.78 is 1.76. The standard InChI is InChI=1S/C22H17N5O2/c28-20-10-8-16(9-11-20)22(29)25-24-14-18-15-27(19-6-2-1-3-7-19)26-21(18)17-5-4-12-23-13-17/h1-15,28H,(H,25,29)/b24-14+. The normalized spacial score (nSPS) is 10.9. The van der Waals surface area contributed by atoms with Gasteiger partial charge in [0.1, 0.15) is 11.4 Å². The molecule has 0 unspecified atom stereocenters. The Kier molecular flexibility index (Phi) is 5.11. The van der Waals surface area contributed by atoms with Crippen molar-refractivity contribution in [3.05, 3.63) is 96.4 Å². The summed E-state index contributed by atoms with van der Waals surface area (Å²) in [6.45, 7) is 0. The first-order chi connectivity index (χ1) is 14.2. The number of carbonyl (C=O) groups is 1. The summed E-state index contributed by atoms with van der Waals surface area (Å²) in [5, 5.41) is 18.1. The number of hydrazone groups is 1. The van der Waals surface area contributed by atoms with Gasteiger partial charge in [-0.3, -0.25) is 9.78 Å². The lowest BCUT2D eigenvalue weighted by Crippen LogP contribution is -2.17. The fraction of sp³-hybridized carbons (Fsp3) is 0. The number of benzene rings is 2. The zero-order valence-corrected chi connectivity index (χ0v) is 15.3. The van der Waals surface area contributed by atoms with Crippen LogP contribution in [0.2, 0.25) is 0 Å². The first-order valence-electron chi connectivity index (χ1n) is 8.88. The Morgan fingerprint density at radius 3 is 2.55 bits per heavy atom. The van der Waals surface area contributed by atoms with Crippen molar-refractivity contribution in [2.45, 2.75) is 0 Å². The van der Waals surface area contributed by atoms with Crippen LogP contribution in [0.4, 0.5) is 0 Å². The second-order valence-corrected chi connectivity index (χ2v) is 6.20. The molecule has 1 amide bonds. The minimum atomic E-state index is -0.375. The molecule has 0 saturated heterocycles. The number of para-hydroxylation sites is 1. The molecule has 4 aromatic rings. The van der Waals surface area contributed by atoms with E-state index >= 15 is 0 Å². The van der Waals surface area contributed by atoms with Crippen molar-refractivity contribution in [2.75, 3.05) is 0 Å². The molecule has 29 heavy (non-hydrogen) atoms. The molecule has 7 nitrogen and oxygen atoms in total. The second kappa shape index (κ2) is 8.18. The number of hydrogen-bond acceptors (Lipinski definition) is 5. The lowest BCUT2D eigenvalue weighted by molar-refractivity contribution is 0.0955. The molecular formula is C22H17N5O2. The maximum atomic E-state index is 12.2. The topological polar surface area (TPSA) is 92.4 Å². The second-order valence-electron chi connectivity index (χ2n) is 6.20. The number of aromatic hydroxyl groups is 1. The number of aromatic nitrogens is 3. The summed E-state index contributed by atoms with van der Waals surface area (Å²) in [4.78, 5) is 16.3. The van der Waals surface area contributed by atoms with Crippen LogP contribution >= 0.6 is 0 Å². The fourth-order valence-corrected chi connectivity index (χ4v) is 2.76. The molecule has 0 aliphatic heterocycles. The van der Waals surface area contributed by atoms with Gasteiger partial charge in [-0.15, -0.1) is 0 Å². The van der Waals surface area contributed by atoms with Crippen molar-refractivity contribution in [1.82, 2.24) is 20.2 Å². The molecule has 0 radical (unpaired) electrons. The highest BCUT2D eigenvalue weighted by Gasteiger charge is 2.11. The third kappa shape index (κ3) is 4.19. The molecule has 2 heterocycles. The minimum Gasteiger partial charge on any atom is -0.508 e. The largest absolute Gasteiger partial charge is 0.508 e. The SMILES string of the molecule is O=C(N/N=C/c1cn(-c2ccccc2)nc1-c1cccnc1)c1ccc(O)cc1. The summed E-state index contributed by atoms with van der Waals surface area (Å²) in [7, 11) is 0. The zero-order chi connectivity index (χ0) is 20.1. The van der Waals surface area contributed by atoms with E-state index in [1.165, 1.54) is 24.3 Å². The van der Waals surface area contributed by atoms with Crippen LogP contribution in [-0.4, -0.2) is 32.0 Å². The van der Waals surface area contributed by atoms with Gasteiger partial charge in [-0.1, -0.05) is 18.2 Å². The number of carbonyl (C=O) groups excluding carboxylic acids is 1. The number of hydrogen-bond donors (Lipinski definition) is 2. The van der Waals surface area contributed by atoms with E-state index in [0.717, 1.165) is 16.8 Å². The first kappa shape index (κ1) is 18.1. The third-order valence-corrected chi connectivity index (χ3v) is 4.20. The van der Waals surface area contributed by atoms with Crippen molar-refractivity contribution >= 4 is 12.1 Å². The van der Waals surface area contributed by atoms with E-state index in [4.69, 9.17) is 0 Å². The average Bonchev–Trinajstić information content (AvgIpc) is 3.19. The van der Waals surface area contributed by atoms with Gasteiger partial charge in [0.05, 0.1) is 11.9 Å². The molecule has 142 valence electrons. The van der Waals surface area contributed by atoms with E-state index in [1.54, 1.807) is 23.3 Å². The highest BCUT2D eigenvalue weighted by atomic mass is 16.3. The zero-order valence-electron chi connectivity index (χ0n) is 15.3. The summed E-state index contributed by atoms with van der Waals surface area (Å²) in [5.41, 5.74) is 6.06. The van der Waals surface area contributed by atoms with Gasteiger partial charge in [0.25, 0.3) is 5.91 Å². The van der Waals surface area contributed by atoms with Crippen molar-refractivity contribution in [3.63, 3.8) is 0 Å². The van der Waals surface area contributed by atoms with Crippen LogP contribution in [0.25, 0.3) is 16.9 Å². The average molecular weight is 383 g/mol. The maximum absolute atomic E-state index is 12.2. The molecule has 2 aromatic carbocycles. The lowest BCUT2D eigenvalue weighted by atomic mass is 10.1. The van der Waals surface area contributed by atoms with Gasteiger partial charge >= 0.3 is 0 Å². The minimum absolute atomic E-state index is 0.0967. The van der Waals surface area contributed by atoms with Gasteiger partial charge in [0, 0.05) is 35.3 Å². The Morgan fingerprint density at radius 2 is 1.83 bits per heavy atom. The molecule has 2 aromatic heterocycles. The molecule has 0 bridgehead atoms. The third-order valence-electron chi connectivity index (χ3n) is 4.20. The van der Waals surface area contributed by atoms with Crippen LogP contribution in [0.15, 0.2) is 90.4 Å². The molecule has 0 aliphatic carbocycles. The molecule has 7 heteroatoms. The Labute approximate surface area is 167 Å². The molecule has 0 aliphatic rings. The number of amides is 1. The van der Waals surface area contributed by atoms with E-state index in [9.17, 15) is 9.90 Å². The number of nitrogens with zero attached hydrogens (tertiary/aromatic N) is 4. The molecular weight excluding hydrogens is 366 g/mol. The van der Waals surface area contributed by atoms with Gasteiger partial charge in [0.2, 0.25) is 0 Å². The summed E-state index contributed by atoms with van der Waals surface area (Å²) >= 11 is 0. The molecule has 0 spiro atoms. The van der Waals surface area contributed by atoms with Gasteiger partial charge in [-0.2, -0.15) is 10.2 Å². The van der Waals surface area contributed by atoms with Crippen molar-refractivity contribution in [2.24, 2.45) is 5.10 Å². The Hall–Kier alpha value is -4.26. The van der Waals surface area contributed by atoms with E-state index in [1.807, 2.05) is 48.7 Å². The Balaban J connectivity index is 1.61. The summed E-state index contributed by atoms with van der Waals surface area (Å²) in [6, 6.07) is 19.4. The highest BCUT2D eigenvalue weighted by molar-refractivity contribution is 5.95. The van der Waals surface area contributed by atoms with Crippen LogP contribution < -0.4 is 5.43 Å². The van der Waals surface area contributed by atoms with Gasteiger partial charge < -0.3 is 5.11 Å². The van der Waals surface area contributed by atoms with Crippen LogP contribution in [-0.2, 0) is 0 Å². The number of rotatable bonds is 5. The molecule has 0 atom stereocenters. The smallest absolute Gasteiger partial charge is 0.271 e. The number of nitrogens with one attached hydrogen (secondary N) is 1. The maximum Gasteiger partial charge on any atom is 0.271 e. The van der Waals surface area contributed by atoms with E-state index in [-0.39, 0.29) is 11.7 Å². The lowest BCUT2D eigenvalue weighted by Gasteiger charge is -2.00. The summed E-state index contributed by atoms with van der Waals surface area (Å²) in [5.74, 6) is -0.279. The van der Waals surface area contributed by atoms with E-state index < -0.39 is 0 Å². The van der Waals surface area contributed by atoms with E-state index in [0.29, 0.717) is 11.3 Å². The number of phenolic OH excluding ortho intramolecular Hbond substituents is 1. The predicted molar refractivity (Wildman–Crippen MR) is 110 cm³/mol. The molecule has 2 N–H and O–H groups in total. The van der Waals surface area contributed by atoms with Gasteiger partial charge in [-0.05, 0) is 48.5 Å². The van der Waals surface area contributed by atoms with Crippen molar-refractivity contribution < 1.29 is 9.90 Å². The van der Waals surface area contributed by atoms with Gasteiger partial charge in [0.15, 0.2) is 0 Å². The quantitative estimate of drug-likeness (QED) is 0.408. The van der Waals surface area contributed by atoms with Crippen molar-refractivity contribution in [3.8, 4) is 22.7 Å². The van der Waals surface area contributed by atoms with E-state index in [2.05, 4.69) is 20.6 Å². The first-order valence-corrected chi connectivity index (χ1v) is 8.88.